The van der Waals surface area contributed by atoms with Crippen LogP contribution in [0.15, 0.2) is 60.7 Å². The van der Waals surface area contributed by atoms with E-state index in [1.165, 1.54) is 12.1 Å². The van der Waals surface area contributed by atoms with Crippen LogP contribution in [0.1, 0.15) is 47.2 Å². The number of piperidine rings is 1. The lowest BCUT2D eigenvalue weighted by molar-refractivity contribution is -0.137. The van der Waals surface area contributed by atoms with Gasteiger partial charge in [-0.2, -0.15) is 5.10 Å². The van der Waals surface area contributed by atoms with Crippen molar-refractivity contribution in [2.45, 2.75) is 38.1 Å². The summed E-state index contributed by atoms with van der Waals surface area (Å²) in [6, 6.07) is 16.5. The molecule has 0 spiro atoms. The fraction of sp³-hybridized carbons (Fsp3) is 0.300. The number of hydrogen-bond donors (Lipinski definition) is 4. The van der Waals surface area contributed by atoms with Crippen LogP contribution in [0.4, 0.5) is 20.3 Å². The molecule has 216 valence electrons. The number of amides is 1. The molecule has 5 rings (SSSR count). The Morgan fingerprint density at radius 2 is 1.73 bits per heavy atom. The van der Waals surface area contributed by atoms with Crippen molar-refractivity contribution in [3.8, 4) is 0 Å². The number of carbonyl (C=O) groups excluding carboxylic acids is 1. The molecule has 11 heteroatoms. The van der Waals surface area contributed by atoms with Crippen molar-refractivity contribution >= 4 is 46.7 Å². The Labute approximate surface area is 242 Å². The van der Waals surface area contributed by atoms with Crippen LogP contribution in [0.25, 0.3) is 10.9 Å². The zero-order chi connectivity index (χ0) is 28.1. The summed E-state index contributed by atoms with van der Waals surface area (Å²) >= 11 is 0. The van der Waals surface area contributed by atoms with Crippen molar-refractivity contribution in [1.82, 2.24) is 15.1 Å². The molecule has 4 aromatic rings. The predicted molar refractivity (Wildman–Crippen MR) is 157 cm³/mol. The van der Waals surface area contributed by atoms with Crippen molar-refractivity contribution in [2.24, 2.45) is 0 Å². The standard InChI is InChI=1S/C30H31F2N5O3.ClH/c31-21-15-20(16-22(32)18-21)14-19-7-8-27-25(17-19)29(36-35-27)34-30(40)24-4-1-2-5-26(24)33-23-9-12-37(13-10-23)11-3-6-28(38)39;/h1-2,4-5,7-8,15-18,23,33H,3,6,9-14H2,(H,38,39)(H2,34,35,36,40);1H. The summed E-state index contributed by atoms with van der Waals surface area (Å²) in [5, 5.41) is 23.2. The second-order valence-electron chi connectivity index (χ2n) is 10.2. The summed E-state index contributed by atoms with van der Waals surface area (Å²) in [5.74, 6) is -1.95. The summed E-state index contributed by atoms with van der Waals surface area (Å²) in [4.78, 5) is 26.4. The Morgan fingerprint density at radius 1 is 1.00 bits per heavy atom. The molecule has 0 saturated carbocycles. The van der Waals surface area contributed by atoms with Crippen LogP contribution in [0.5, 0.6) is 0 Å². The van der Waals surface area contributed by atoms with Gasteiger partial charge in [0.25, 0.3) is 5.91 Å². The second kappa shape index (κ2) is 13.6. The molecular formula is C30H32ClF2N5O3. The van der Waals surface area contributed by atoms with Crippen LogP contribution >= 0.6 is 12.4 Å². The molecule has 1 fully saturated rings. The summed E-state index contributed by atoms with van der Waals surface area (Å²) in [6.07, 6.45) is 2.94. The van der Waals surface area contributed by atoms with Gasteiger partial charge in [-0.1, -0.05) is 18.2 Å². The Balaban J connectivity index is 0.00000387. The van der Waals surface area contributed by atoms with E-state index in [1.54, 1.807) is 6.07 Å². The van der Waals surface area contributed by atoms with E-state index in [9.17, 15) is 18.4 Å². The molecule has 1 amide bonds. The minimum absolute atomic E-state index is 0. The minimum atomic E-state index is -0.768. The number of likely N-dealkylation sites (tertiary alicyclic amines) is 1. The number of fused-ring (bicyclic) bond motifs is 1. The maximum atomic E-state index is 13.6. The number of nitrogens with one attached hydrogen (secondary N) is 3. The highest BCUT2D eigenvalue weighted by Gasteiger charge is 2.21. The van der Waals surface area contributed by atoms with E-state index < -0.39 is 17.6 Å². The molecule has 4 N–H and O–H groups in total. The Bertz CT molecular complexity index is 1500. The van der Waals surface area contributed by atoms with E-state index in [2.05, 4.69) is 25.7 Å². The van der Waals surface area contributed by atoms with Crippen LogP contribution in [-0.2, 0) is 11.2 Å². The van der Waals surface area contributed by atoms with Crippen LogP contribution < -0.4 is 10.6 Å². The molecular weight excluding hydrogens is 552 g/mol. The fourth-order valence-electron chi connectivity index (χ4n) is 5.17. The maximum absolute atomic E-state index is 13.6. The molecule has 0 aliphatic carbocycles. The molecule has 0 radical (unpaired) electrons. The van der Waals surface area contributed by atoms with Crippen molar-refractivity contribution in [3.05, 3.63) is 89.0 Å². The summed E-state index contributed by atoms with van der Waals surface area (Å²) in [7, 11) is 0. The van der Waals surface area contributed by atoms with Gasteiger partial charge in [0.1, 0.15) is 11.6 Å². The summed E-state index contributed by atoms with van der Waals surface area (Å²) in [6.45, 7) is 2.52. The number of carbonyl (C=O) groups is 2. The van der Waals surface area contributed by atoms with Crippen LogP contribution in [0, 0.1) is 11.6 Å². The minimum Gasteiger partial charge on any atom is -0.481 e. The number of aromatic amines is 1. The van der Waals surface area contributed by atoms with Gasteiger partial charge in [0.2, 0.25) is 0 Å². The van der Waals surface area contributed by atoms with E-state index >= 15 is 0 Å². The maximum Gasteiger partial charge on any atom is 0.303 e. The van der Waals surface area contributed by atoms with Crippen LogP contribution in [0.2, 0.25) is 0 Å². The van der Waals surface area contributed by atoms with E-state index in [0.717, 1.165) is 55.3 Å². The zero-order valence-electron chi connectivity index (χ0n) is 22.3. The smallest absolute Gasteiger partial charge is 0.303 e. The van der Waals surface area contributed by atoms with E-state index in [1.807, 2.05) is 36.4 Å². The summed E-state index contributed by atoms with van der Waals surface area (Å²) in [5.41, 5.74) is 3.29. The van der Waals surface area contributed by atoms with Crippen LogP contribution in [-0.4, -0.2) is 57.8 Å². The SMILES string of the molecule is Cl.O=C(O)CCCN1CCC(Nc2ccccc2C(=O)Nc2n[nH]c3ccc(Cc4cc(F)cc(F)c4)cc23)CC1. The van der Waals surface area contributed by atoms with Crippen molar-refractivity contribution in [1.29, 1.82) is 0 Å². The third kappa shape index (κ3) is 7.80. The number of H-pyrrole nitrogens is 1. The van der Waals surface area contributed by atoms with Gasteiger partial charge >= 0.3 is 5.97 Å². The Kier molecular flexibility index (Phi) is 9.91. The number of anilines is 2. The molecule has 2 heterocycles. The number of para-hydroxylation sites is 1. The van der Waals surface area contributed by atoms with Gasteiger partial charge in [-0.05, 0) is 79.8 Å². The Hall–Kier alpha value is -4.02. The number of carboxylic acid groups (broad SMARTS) is 1. The van der Waals surface area contributed by atoms with Gasteiger partial charge in [-0.25, -0.2) is 8.78 Å². The molecule has 0 bridgehead atoms. The zero-order valence-corrected chi connectivity index (χ0v) is 23.1. The lowest BCUT2D eigenvalue weighted by atomic mass is 10.0. The highest BCUT2D eigenvalue weighted by Crippen LogP contribution is 2.26. The van der Waals surface area contributed by atoms with E-state index in [-0.39, 0.29) is 30.8 Å². The first-order chi connectivity index (χ1) is 19.3. The number of benzene rings is 3. The average molecular weight is 584 g/mol. The molecule has 8 nitrogen and oxygen atoms in total. The number of hydrogen-bond acceptors (Lipinski definition) is 5. The van der Waals surface area contributed by atoms with Crippen molar-refractivity contribution in [3.63, 3.8) is 0 Å². The Morgan fingerprint density at radius 3 is 2.46 bits per heavy atom. The first-order valence-corrected chi connectivity index (χ1v) is 13.4. The topological polar surface area (TPSA) is 110 Å². The first kappa shape index (κ1) is 30.0. The van der Waals surface area contributed by atoms with Gasteiger partial charge < -0.3 is 20.6 Å². The number of halogens is 3. The number of aliphatic carboxylic acids is 1. The first-order valence-electron chi connectivity index (χ1n) is 13.4. The predicted octanol–water partition coefficient (Wildman–Crippen LogP) is 5.85. The number of rotatable bonds is 10. The fourth-order valence-corrected chi connectivity index (χ4v) is 5.17. The largest absolute Gasteiger partial charge is 0.481 e. The van der Waals surface area contributed by atoms with Crippen molar-refractivity contribution < 1.29 is 23.5 Å². The number of nitrogens with zero attached hydrogens (tertiary/aromatic N) is 2. The number of carboxylic acids is 1. The molecule has 1 aliphatic heterocycles. The lowest BCUT2D eigenvalue weighted by Gasteiger charge is -2.33. The van der Waals surface area contributed by atoms with Gasteiger partial charge in [0.05, 0.1) is 11.1 Å². The quantitative estimate of drug-likeness (QED) is 0.186. The highest BCUT2D eigenvalue weighted by molar-refractivity contribution is 6.10. The average Bonchev–Trinajstić information content (AvgIpc) is 3.31. The second-order valence-corrected chi connectivity index (χ2v) is 10.2. The molecule has 41 heavy (non-hydrogen) atoms. The van der Waals surface area contributed by atoms with Gasteiger partial charge in [-0.3, -0.25) is 14.7 Å². The van der Waals surface area contributed by atoms with Crippen molar-refractivity contribution in [2.75, 3.05) is 30.3 Å². The molecule has 1 aromatic heterocycles. The molecule has 1 aliphatic rings. The number of aromatic nitrogens is 2. The molecule has 0 unspecified atom stereocenters. The summed E-state index contributed by atoms with van der Waals surface area (Å²) < 4.78 is 27.3. The van der Waals surface area contributed by atoms with Gasteiger partial charge in [-0.15, -0.1) is 12.4 Å². The third-order valence-electron chi connectivity index (χ3n) is 7.17. The third-order valence-corrected chi connectivity index (χ3v) is 7.17. The monoisotopic (exact) mass is 583 g/mol. The van der Waals surface area contributed by atoms with Gasteiger partial charge in [0, 0.05) is 42.7 Å². The normalized spacial score (nSPS) is 14.0. The van der Waals surface area contributed by atoms with E-state index in [0.29, 0.717) is 35.2 Å². The van der Waals surface area contributed by atoms with Gasteiger partial charge in [0.15, 0.2) is 5.82 Å². The molecule has 3 aromatic carbocycles. The molecule has 0 atom stereocenters. The van der Waals surface area contributed by atoms with E-state index in [4.69, 9.17) is 5.11 Å². The van der Waals surface area contributed by atoms with Crippen LogP contribution in [0.3, 0.4) is 0 Å². The lowest BCUT2D eigenvalue weighted by Crippen LogP contribution is -2.39. The highest BCUT2D eigenvalue weighted by atomic mass is 35.5. The molecule has 1 saturated heterocycles.